The van der Waals surface area contributed by atoms with Gasteiger partial charge in [-0.05, 0) is 44.4 Å². The summed E-state index contributed by atoms with van der Waals surface area (Å²) in [6, 6.07) is 0.511. The van der Waals surface area contributed by atoms with Crippen molar-refractivity contribution in [2.75, 3.05) is 24.8 Å². The Hall–Kier alpha value is -1.32. The molecule has 2 aliphatic rings. The molecule has 1 aromatic rings. The summed E-state index contributed by atoms with van der Waals surface area (Å²) in [6.45, 7) is 0.804. The Morgan fingerprint density at radius 1 is 1.21 bits per heavy atom. The number of carbonyl (C=O) groups excluding carboxylic acids is 1. The standard InChI is InChI=1S/C20H31N3O4S2/c1-27-12-14-7-9-16(10-8-14)23(15-5-3-2-4-6-15)20(26)22-19-21-11-18(29-19)28-13-17(24)25/h11,14-16H,2-10,12-13H2,1H3,(H,24,25)(H,21,22,26). The summed E-state index contributed by atoms with van der Waals surface area (Å²) in [5.41, 5.74) is 0. The third kappa shape index (κ3) is 6.58. The molecule has 0 saturated heterocycles. The van der Waals surface area contributed by atoms with E-state index in [9.17, 15) is 9.59 Å². The van der Waals surface area contributed by atoms with E-state index in [1.54, 1.807) is 13.3 Å². The first-order chi connectivity index (χ1) is 14.1. The topological polar surface area (TPSA) is 91.8 Å². The third-order valence-electron chi connectivity index (χ3n) is 5.85. The van der Waals surface area contributed by atoms with Gasteiger partial charge in [-0.1, -0.05) is 30.6 Å². The number of ether oxygens (including phenoxy) is 1. The van der Waals surface area contributed by atoms with E-state index in [-0.39, 0.29) is 17.8 Å². The Balaban J connectivity index is 1.64. The molecule has 2 aliphatic carbocycles. The van der Waals surface area contributed by atoms with Gasteiger partial charge >= 0.3 is 12.0 Å². The molecule has 2 fully saturated rings. The van der Waals surface area contributed by atoms with Crippen LogP contribution in [0.5, 0.6) is 0 Å². The molecule has 0 radical (unpaired) electrons. The largest absolute Gasteiger partial charge is 0.481 e. The van der Waals surface area contributed by atoms with E-state index in [0.29, 0.717) is 17.1 Å². The second-order valence-electron chi connectivity index (χ2n) is 7.93. The van der Waals surface area contributed by atoms with E-state index in [4.69, 9.17) is 9.84 Å². The minimum Gasteiger partial charge on any atom is -0.481 e. The molecule has 1 heterocycles. The van der Waals surface area contributed by atoms with Crippen molar-refractivity contribution in [3.05, 3.63) is 6.20 Å². The molecule has 0 bridgehead atoms. The van der Waals surface area contributed by atoms with Gasteiger partial charge in [-0.15, -0.1) is 11.8 Å². The van der Waals surface area contributed by atoms with Crippen LogP contribution in [0.2, 0.25) is 0 Å². The van der Waals surface area contributed by atoms with Crippen molar-refractivity contribution in [1.82, 2.24) is 9.88 Å². The summed E-state index contributed by atoms with van der Waals surface area (Å²) in [5, 5.41) is 12.3. The first-order valence-corrected chi connectivity index (χ1v) is 12.3. The Morgan fingerprint density at radius 3 is 2.55 bits per heavy atom. The lowest BCUT2D eigenvalue weighted by Gasteiger charge is -2.42. The van der Waals surface area contributed by atoms with Gasteiger partial charge in [-0.2, -0.15) is 0 Å². The molecule has 0 aliphatic heterocycles. The van der Waals surface area contributed by atoms with Crippen LogP contribution in [0, 0.1) is 5.92 Å². The maximum absolute atomic E-state index is 13.2. The van der Waals surface area contributed by atoms with E-state index in [1.165, 1.54) is 42.4 Å². The summed E-state index contributed by atoms with van der Waals surface area (Å²) in [6.07, 6.45) is 11.6. The number of carboxylic acids is 1. The van der Waals surface area contributed by atoms with E-state index in [0.717, 1.165) is 49.3 Å². The molecule has 9 heteroatoms. The van der Waals surface area contributed by atoms with Crippen LogP contribution in [0.15, 0.2) is 10.4 Å². The van der Waals surface area contributed by atoms with Gasteiger partial charge in [0, 0.05) is 25.8 Å². The average Bonchev–Trinajstić information content (AvgIpc) is 3.16. The van der Waals surface area contributed by atoms with Crippen molar-refractivity contribution < 1.29 is 19.4 Å². The number of aromatic nitrogens is 1. The average molecular weight is 442 g/mol. The van der Waals surface area contributed by atoms with Gasteiger partial charge in [0.1, 0.15) is 0 Å². The lowest BCUT2D eigenvalue weighted by molar-refractivity contribution is -0.133. The number of nitrogens with zero attached hydrogens (tertiary/aromatic N) is 2. The fraction of sp³-hybridized carbons (Fsp3) is 0.750. The second-order valence-corrected chi connectivity index (χ2v) is 10.2. The minimum atomic E-state index is -0.860. The maximum Gasteiger partial charge on any atom is 0.324 e. The van der Waals surface area contributed by atoms with Crippen LogP contribution in [-0.4, -0.2) is 58.5 Å². The van der Waals surface area contributed by atoms with Crippen molar-refractivity contribution in [1.29, 1.82) is 0 Å². The fourth-order valence-corrected chi connectivity index (χ4v) is 6.07. The van der Waals surface area contributed by atoms with Crippen molar-refractivity contribution in [3.63, 3.8) is 0 Å². The monoisotopic (exact) mass is 441 g/mol. The molecular formula is C20H31N3O4S2. The lowest BCUT2D eigenvalue weighted by atomic mass is 9.84. The molecule has 0 aromatic carbocycles. The molecule has 0 atom stereocenters. The van der Waals surface area contributed by atoms with Gasteiger partial charge in [0.25, 0.3) is 0 Å². The van der Waals surface area contributed by atoms with Crippen LogP contribution < -0.4 is 5.32 Å². The zero-order valence-corrected chi connectivity index (χ0v) is 18.6. The fourth-order valence-electron chi connectivity index (χ4n) is 4.49. The number of carbonyl (C=O) groups is 2. The van der Waals surface area contributed by atoms with Gasteiger partial charge in [0.2, 0.25) is 0 Å². The smallest absolute Gasteiger partial charge is 0.324 e. The van der Waals surface area contributed by atoms with Crippen LogP contribution in [-0.2, 0) is 9.53 Å². The van der Waals surface area contributed by atoms with Crippen LogP contribution >= 0.6 is 23.1 Å². The summed E-state index contributed by atoms with van der Waals surface area (Å²) >= 11 is 2.56. The highest BCUT2D eigenvalue weighted by molar-refractivity contribution is 8.01. The predicted molar refractivity (Wildman–Crippen MR) is 116 cm³/mol. The highest BCUT2D eigenvalue weighted by atomic mass is 32.2. The molecule has 2 N–H and O–H groups in total. The summed E-state index contributed by atoms with van der Waals surface area (Å²) in [5.74, 6) is -0.268. The van der Waals surface area contributed by atoms with Crippen LogP contribution in [0.25, 0.3) is 0 Å². The van der Waals surface area contributed by atoms with E-state index in [2.05, 4.69) is 15.2 Å². The maximum atomic E-state index is 13.2. The van der Waals surface area contributed by atoms with Crippen molar-refractivity contribution in [2.45, 2.75) is 74.1 Å². The summed E-state index contributed by atoms with van der Waals surface area (Å²) in [4.78, 5) is 30.4. The number of hydrogen-bond acceptors (Lipinski definition) is 6. The van der Waals surface area contributed by atoms with Crippen LogP contribution in [0.4, 0.5) is 9.93 Å². The van der Waals surface area contributed by atoms with Gasteiger partial charge in [-0.3, -0.25) is 10.1 Å². The molecule has 29 heavy (non-hydrogen) atoms. The first kappa shape index (κ1) is 22.4. The van der Waals surface area contributed by atoms with Crippen molar-refractivity contribution in [3.8, 4) is 0 Å². The quantitative estimate of drug-likeness (QED) is 0.569. The number of thioether (sulfide) groups is 1. The van der Waals surface area contributed by atoms with Crippen molar-refractivity contribution in [2.24, 2.45) is 5.92 Å². The number of methoxy groups -OCH3 is 1. The number of rotatable bonds is 8. The molecule has 7 nitrogen and oxygen atoms in total. The van der Waals surface area contributed by atoms with Gasteiger partial charge < -0.3 is 14.7 Å². The van der Waals surface area contributed by atoms with E-state index < -0.39 is 5.97 Å². The predicted octanol–water partition coefficient (Wildman–Crippen LogP) is 4.69. The van der Waals surface area contributed by atoms with Gasteiger partial charge in [0.15, 0.2) is 5.13 Å². The molecule has 162 valence electrons. The summed E-state index contributed by atoms with van der Waals surface area (Å²) < 4.78 is 6.12. The third-order valence-corrected chi connectivity index (χ3v) is 7.94. The molecule has 3 rings (SSSR count). The number of nitrogens with one attached hydrogen (secondary N) is 1. The molecule has 2 saturated carbocycles. The molecule has 0 spiro atoms. The van der Waals surface area contributed by atoms with Gasteiger partial charge in [-0.25, -0.2) is 9.78 Å². The first-order valence-electron chi connectivity index (χ1n) is 10.5. The summed E-state index contributed by atoms with van der Waals surface area (Å²) in [7, 11) is 1.75. The Kier molecular flexibility index (Phi) is 8.62. The lowest BCUT2D eigenvalue weighted by Crippen LogP contribution is -2.51. The van der Waals surface area contributed by atoms with E-state index >= 15 is 0 Å². The van der Waals surface area contributed by atoms with E-state index in [1.807, 2.05) is 0 Å². The number of thiazole rings is 1. The zero-order valence-electron chi connectivity index (χ0n) is 17.0. The van der Waals surface area contributed by atoms with Crippen LogP contribution in [0.3, 0.4) is 0 Å². The molecular weight excluding hydrogens is 410 g/mol. The number of amides is 2. The Morgan fingerprint density at radius 2 is 1.90 bits per heavy atom. The molecule has 2 amide bonds. The Bertz CT molecular complexity index is 670. The second kappa shape index (κ2) is 11.2. The zero-order chi connectivity index (χ0) is 20.6. The minimum absolute atomic E-state index is 0.00546. The van der Waals surface area contributed by atoms with Gasteiger partial charge in [0.05, 0.1) is 16.2 Å². The molecule has 0 unspecified atom stereocenters. The number of carboxylic acid groups (broad SMARTS) is 1. The number of hydrogen-bond donors (Lipinski definition) is 2. The highest BCUT2D eigenvalue weighted by Crippen LogP contribution is 2.34. The number of anilines is 1. The van der Waals surface area contributed by atoms with Crippen LogP contribution in [0.1, 0.15) is 57.8 Å². The highest BCUT2D eigenvalue weighted by Gasteiger charge is 2.34. The molecule has 1 aromatic heterocycles. The number of aliphatic carboxylic acids is 1. The number of urea groups is 1. The normalized spacial score (nSPS) is 22.9. The SMILES string of the molecule is COCC1CCC(N(C(=O)Nc2ncc(SCC(=O)O)s2)C2CCCCC2)CC1. The van der Waals surface area contributed by atoms with Crippen molar-refractivity contribution >= 4 is 40.2 Å². The Labute approximate surface area is 180 Å².